The van der Waals surface area contributed by atoms with Crippen molar-refractivity contribution < 1.29 is 18.0 Å². The summed E-state index contributed by atoms with van der Waals surface area (Å²) in [5.41, 5.74) is -1.16. The minimum absolute atomic E-state index is 0.191. The van der Waals surface area contributed by atoms with E-state index in [1.165, 1.54) is 30.0 Å². The van der Waals surface area contributed by atoms with Gasteiger partial charge < -0.3 is 9.80 Å². The predicted octanol–water partition coefficient (Wildman–Crippen LogP) is 4.18. The molecule has 4 rings (SSSR count). The third-order valence-corrected chi connectivity index (χ3v) is 5.83. The molecular weight excluding hydrogens is 457 g/mol. The van der Waals surface area contributed by atoms with Crippen molar-refractivity contribution in [2.75, 3.05) is 31.1 Å². The van der Waals surface area contributed by atoms with Crippen LogP contribution in [0, 0.1) is 6.92 Å². The van der Waals surface area contributed by atoms with E-state index in [9.17, 15) is 22.8 Å². The van der Waals surface area contributed by atoms with Crippen molar-refractivity contribution in [1.82, 2.24) is 14.7 Å². The number of amides is 1. The number of para-hydroxylation sites is 2. The number of nitrogens with zero attached hydrogens (tertiary/aromatic N) is 4. The Bertz CT molecular complexity index is 1250. The highest BCUT2D eigenvalue weighted by Gasteiger charge is 2.34. The molecular formula is C23H20ClF3N4O2. The molecule has 0 atom stereocenters. The number of carbonyl (C=O) groups is 1. The Morgan fingerprint density at radius 2 is 1.58 bits per heavy atom. The maximum absolute atomic E-state index is 13.5. The zero-order valence-electron chi connectivity index (χ0n) is 17.6. The first-order chi connectivity index (χ1) is 15.7. The van der Waals surface area contributed by atoms with Crippen molar-refractivity contribution in [3.05, 3.63) is 86.8 Å². The van der Waals surface area contributed by atoms with E-state index >= 15 is 0 Å². The first-order valence-corrected chi connectivity index (χ1v) is 10.6. The molecule has 0 spiro atoms. The number of aryl methyl sites for hydroxylation is 1. The summed E-state index contributed by atoms with van der Waals surface area (Å²) in [6.45, 7) is 3.09. The molecule has 10 heteroatoms. The minimum atomic E-state index is -4.62. The maximum Gasteiger partial charge on any atom is 0.418 e. The van der Waals surface area contributed by atoms with E-state index in [1.807, 2.05) is 23.1 Å². The van der Waals surface area contributed by atoms with Crippen LogP contribution in [0.4, 0.5) is 18.9 Å². The average molecular weight is 477 g/mol. The van der Waals surface area contributed by atoms with Gasteiger partial charge in [-0.25, -0.2) is 4.68 Å². The van der Waals surface area contributed by atoms with Crippen LogP contribution < -0.4 is 10.3 Å². The summed E-state index contributed by atoms with van der Waals surface area (Å²) >= 11 is 6.25. The van der Waals surface area contributed by atoms with Gasteiger partial charge in [0.25, 0.3) is 5.91 Å². The molecule has 1 amide bonds. The molecule has 1 aliphatic rings. The van der Waals surface area contributed by atoms with Gasteiger partial charge >= 0.3 is 6.18 Å². The van der Waals surface area contributed by atoms with Crippen LogP contribution in [0.2, 0.25) is 5.02 Å². The molecule has 6 nitrogen and oxygen atoms in total. The normalized spacial score (nSPS) is 14.5. The second-order valence-electron chi connectivity index (χ2n) is 7.66. The Labute approximate surface area is 192 Å². The molecule has 1 fully saturated rings. The molecule has 0 aliphatic carbocycles. The van der Waals surface area contributed by atoms with E-state index < -0.39 is 28.8 Å². The number of carbonyl (C=O) groups excluding carboxylic acids is 1. The quantitative estimate of drug-likeness (QED) is 0.569. The summed E-state index contributed by atoms with van der Waals surface area (Å²) in [6.07, 6.45) is -4.62. The monoisotopic (exact) mass is 476 g/mol. The highest BCUT2D eigenvalue weighted by Crippen LogP contribution is 2.33. The fraction of sp³-hybridized carbons (Fsp3) is 0.261. The molecule has 1 saturated heterocycles. The standard InChI is InChI=1S/C23H20ClF3N4O2/c1-15-14-20(32)21(28-31(15)18-8-4-2-6-16(18)23(25,26)27)22(33)30-12-10-29(11-13-30)19-9-5-3-7-17(19)24/h2-9,14H,10-13H2,1H3. The summed E-state index contributed by atoms with van der Waals surface area (Å²) < 4.78 is 41.5. The third kappa shape index (κ3) is 4.59. The molecule has 0 unspecified atom stereocenters. The zero-order chi connectivity index (χ0) is 23.8. The lowest BCUT2D eigenvalue weighted by atomic mass is 10.1. The number of rotatable bonds is 3. The third-order valence-electron chi connectivity index (χ3n) is 5.51. The SMILES string of the molecule is Cc1cc(=O)c(C(=O)N2CCN(c3ccccc3Cl)CC2)nn1-c1ccccc1C(F)(F)F. The van der Waals surface area contributed by atoms with Crippen LogP contribution in [0.25, 0.3) is 5.69 Å². The molecule has 0 saturated carbocycles. The van der Waals surface area contributed by atoms with Gasteiger partial charge in [0, 0.05) is 37.9 Å². The van der Waals surface area contributed by atoms with E-state index in [0.29, 0.717) is 31.2 Å². The average Bonchev–Trinajstić information content (AvgIpc) is 2.79. The molecule has 0 radical (unpaired) electrons. The van der Waals surface area contributed by atoms with Gasteiger partial charge in [-0.1, -0.05) is 35.9 Å². The Kier molecular flexibility index (Phi) is 6.16. The Morgan fingerprint density at radius 3 is 2.21 bits per heavy atom. The van der Waals surface area contributed by atoms with Crippen LogP contribution in [-0.2, 0) is 6.18 Å². The second-order valence-corrected chi connectivity index (χ2v) is 8.06. The van der Waals surface area contributed by atoms with Gasteiger partial charge in [0.2, 0.25) is 5.43 Å². The molecule has 3 aromatic rings. The van der Waals surface area contributed by atoms with Gasteiger partial charge in [0.05, 0.1) is 22.0 Å². The summed E-state index contributed by atoms with van der Waals surface area (Å²) in [5.74, 6) is -0.614. The van der Waals surface area contributed by atoms with Crippen LogP contribution in [0.15, 0.2) is 59.4 Å². The maximum atomic E-state index is 13.5. The van der Waals surface area contributed by atoms with Gasteiger partial charge in [-0.15, -0.1) is 0 Å². The molecule has 0 N–H and O–H groups in total. The van der Waals surface area contributed by atoms with Crippen molar-refractivity contribution in [3.8, 4) is 5.69 Å². The van der Waals surface area contributed by atoms with Crippen molar-refractivity contribution >= 4 is 23.2 Å². The molecule has 1 aromatic heterocycles. The Morgan fingerprint density at radius 1 is 0.970 bits per heavy atom. The number of aromatic nitrogens is 2. The van der Waals surface area contributed by atoms with Crippen LogP contribution in [-0.4, -0.2) is 46.8 Å². The number of halogens is 4. The largest absolute Gasteiger partial charge is 0.418 e. The number of alkyl halides is 3. The smallest absolute Gasteiger partial charge is 0.367 e. The van der Waals surface area contributed by atoms with E-state index in [1.54, 1.807) is 6.07 Å². The molecule has 2 aromatic carbocycles. The van der Waals surface area contributed by atoms with Crippen LogP contribution in [0.1, 0.15) is 21.7 Å². The summed E-state index contributed by atoms with van der Waals surface area (Å²) in [7, 11) is 0. The van der Waals surface area contributed by atoms with Gasteiger partial charge in [0.15, 0.2) is 5.69 Å². The van der Waals surface area contributed by atoms with Crippen molar-refractivity contribution in [3.63, 3.8) is 0 Å². The molecule has 0 bridgehead atoms. The lowest BCUT2D eigenvalue weighted by molar-refractivity contribution is -0.137. The molecule has 2 heterocycles. The highest BCUT2D eigenvalue weighted by molar-refractivity contribution is 6.33. The number of piperazine rings is 1. The zero-order valence-corrected chi connectivity index (χ0v) is 18.4. The number of hydrogen-bond acceptors (Lipinski definition) is 4. The van der Waals surface area contributed by atoms with Gasteiger partial charge in [0.1, 0.15) is 0 Å². The highest BCUT2D eigenvalue weighted by atomic mass is 35.5. The van der Waals surface area contributed by atoms with E-state index in [0.717, 1.165) is 22.5 Å². The van der Waals surface area contributed by atoms with Crippen LogP contribution in [0.3, 0.4) is 0 Å². The first kappa shape index (κ1) is 22.8. The van der Waals surface area contributed by atoms with Crippen LogP contribution in [0.5, 0.6) is 0 Å². The number of anilines is 1. The predicted molar refractivity (Wildman–Crippen MR) is 119 cm³/mol. The first-order valence-electron chi connectivity index (χ1n) is 10.2. The summed E-state index contributed by atoms with van der Waals surface area (Å²) in [6, 6.07) is 13.4. The van der Waals surface area contributed by atoms with Gasteiger partial charge in [-0.3, -0.25) is 9.59 Å². The van der Waals surface area contributed by atoms with E-state index in [4.69, 9.17) is 11.6 Å². The molecule has 172 valence electrons. The lowest BCUT2D eigenvalue weighted by Crippen LogP contribution is -2.50. The van der Waals surface area contributed by atoms with E-state index in [-0.39, 0.29) is 11.4 Å². The molecule has 33 heavy (non-hydrogen) atoms. The fourth-order valence-corrected chi connectivity index (χ4v) is 4.10. The van der Waals surface area contributed by atoms with Gasteiger partial charge in [-0.05, 0) is 31.2 Å². The van der Waals surface area contributed by atoms with Crippen molar-refractivity contribution in [1.29, 1.82) is 0 Å². The number of hydrogen-bond donors (Lipinski definition) is 0. The second kappa shape index (κ2) is 8.90. The summed E-state index contributed by atoms with van der Waals surface area (Å²) in [5, 5.41) is 4.66. The van der Waals surface area contributed by atoms with Crippen molar-refractivity contribution in [2.45, 2.75) is 13.1 Å². The lowest BCUT2D eigenvalue weighted by Gasteiger charge is -2.36. The summed E-state index contributed by atoms with van der Waals surface area (Å²) in [4.78, 5) is 29.2. The number of benzene rings is 2. The topological polar surface area (TPSA) is 58.4 Å². The van der Waals surface area contributed by atoms with Crippen molar-refractivity contribution in [2.24, 2.45) is 0 Å². The Balaban J connectivity index is 1.62. The fourth-order valence-electron chi connectivity index (χ4n) is 3.85. The van der Waals surface area contributed by atoms with E-state index in [2.05, 4.69) is 5.10 Å². The molecule has 1 aliphatic heterocycles. The van der Waals surface area contributed by atoms with Crippen LogP contribution >= 0.6 is 11.6 Å². The van der Waals surface area contributed by atoms with Gasteiger partial charge in [-0.2, -0.15) is 18.3 Å². The minimum Gasteiger partial charge on any atom is -0.367 e. The Hall–Kier alpha value is -3.33.